The Morgan fingerprint density at radius 1 is 1.06 bits per heavy atom. The SMILES string of the molecule is CC(C)[C@H]([NH2+]CC(=O)NN1C(=O)N[C@@](C)(CCc2ccccc2)C1=O)c1ccccc1. The molecule has 7 heteroatoms. The van der Waals surface area contributed by atoms with Crippen LogP contribution in [0.1, 0.15) is 44.4 Å². The van der Waals surface area contributed by atoms with Crippen molar-refractivity contribution in [2.75, 3.05) is 6.54 Å². The number of aryl methyl sites for hydroxylation is 1. The molecule has 3 rings (SSSR count). The number of quaternary nitrogens is 1. The van der Waals surface area contributed by atoms with Crippen molar-refractivity contribution in [3.8, 4) is 0 Å². The quantitative estimate of drug-likeness (QED) is 0.538. The van der Waals surface area contributed by atoms with Gasteiger partial charge in [-0.15, -0.1) is 0 Å². The van der Waals surface area contributed by atoms with Crippen molar-refractivity contribution in [1.29, 1.82) is 0 Å². The highest BCUT2D eigenvalue weighted by molar-refractivity contribution is 6.07. The molecule has 2 atom stereocenters. The molecule has 2 aromatic rings. The Hall–Kier alpha value is -3.19. The van der Waals surface area contributed by atoms with Crippen LogP contribution in [-0.4, -0.2) is 34.9 Å². The number of nitrogens with zero attached hydrogens (tertiary/aromatic N) is 1. The van der Waals surface area contributed by atoms with E-state index in [1.165, 1.54) is 0 Å². The number of benzene rings is 2. The number of nitrogens with one attached hydrogen (secondary N) is 2. The molecule has 0 unspecified atom stereocenters. The van der Waals surface area contributed by atoms with Gasteiger partial charge in [0.1, 0.15) is 11.6 Å². The first kappa shape index (κ1) is 22.5. The van der Waals surface area contributed by atoms with Crippen molar-refractivity contribution < 1.29 is 19.7 Å². The lowest BCUT2D eigenvalue weighted by atomic mass is 9.93. The first-order chi connectivity index (χ1) is 14.8. The van der Waals surface area contributed by atoms with Crippen LogP contribution in [0.5, 0.6) is 0 Å². The highest BCUT2D eigenvalue weighted by atomic mass is 16.2. The fourth-order valence-electron chi connectivity index (χ4n) is 3.87. The van der Waals surface area contributed by atoms with E-state index in [2.05, 4.69) is 24.6 Å². The summed E-state index contributed by atoms with van der Waals surface area (Å²) >= 11 is 0. The fourth-order valence-corrected chi connectivity index (χ4v) is 3.87. The highest BCUT2D eigenvalue weighted by Crippen LogP contribution is 2.22. The summed E-state index contributed by atoms with van der Waals surface area (Å²) in [5, 5.41) is 5.47. The summed E-state index contributed by atoms with van der Waals surface area (Å²) in [4.78, 5) is 37.8. The Labute approximate surface area is 183 Å². The van der Waals surface area contributed by atoms with Crippen LogP contribution in [-0.2, 0) is 16.0 Å². The van der Waals surface area contributed by atoms with Crippen molar-refractivity contribution in [3.63, 3.8) is 0 Å². The summed E-state index contributed by atoms with van der Waals surface area (Å²) in [5.74, 6) is -0.518. The second-order valence-electron chi connectivity index (χ2n) is 8.54. The fraction of sp³-hybridized carbons (Fsp3) is 0.375. The van der Waals surface area contributed by atoms with Crippen LogP contribution in [0.15, 0.2) is 60.7 Å². The minimum atomic E-state index is -1.05. The number of carbonyl (C=O) groups excluding carboxylic acids is 3. The van der Waals surface area contributed by atoms with Gasteiger partial charge in [0.15, 0.2) is 6.54 Å². The third-order valence-electron chi connectivity index (χ3n) is 5.71. The molecule has 164 valence electrons. The van der Waals surface area contributed by atoms with Crippen LogP contribution in [0.2, 0.25) is 0 Å². The van der Waals surface area contributed by atoms with Crippen LogP contribution in [0.4, 0.5) is 4.79 Å². The molecule has 1 aliphatic rings. The Balaban J connectivity index is 1.57. The molecule has 0 spiro atoms. The lowest BCUT2D eigenvalue weighted by Crippen LogP contribution is -2.88. The molecule has 1 aliphatic heterocycles. The second-order valence-corrected chi connectivity index (χ2v) is 8.54. The van der Waals surface area contributed by atoms with Gasteiger partial charge in [-0.3, -0.25) is 15.0 Å². The molecule has 0 saturated carbocycles. The summed E-state index contributed by atoms with van der Waals surface area (Å²) in [6.45, 7) is 6.00. The van der Waals surface area contributed by atoms with Gasteiger partial charge in [-0.05, 0) is 25.3 Å². The molecule has 4 amide bonds. The zero-order valence-electron chi connectivity index (χ0n) is 18.3. The average molecular weight is 424 g/mol. The molecule has 0 bridgehead atoms. The number of carbonyl (C=O) groups is 3. The monoisotopic (exact) mass is 423 g/mol. The number of hydrogen-bond acceptors (Lipinski definition) is 3. The molecule has 1 heterocycles. The average Bonchev–Trinajstić information content (AvgIpc) is 2.97. The summed E-state index contributed by atoms with van der Waals surface area (Å²) in [7, 11) is 0. The zero-order valence-corrected chi connectivity index (χ0v) is 18.3. The van der Waals surface area contributed by atoms with Crippen LogP contribution >= 0.6 is 0 Å². The number of hydrogen-bond donors (Lipinski definition) is 3. The maximum Gasteiger partial charge on any atom is 0.344 e. The molecule has 31 heavy (non-hydrogen) atoms. The van der Waals surface area contributed by atoms with Crippen LogP contribution in [0, 0.1) is 5.92 Å². The van der Waals surface area contributed by atoms with Gasteiger partial charge in [-0.25, -0.2) is 4.79 Å². The van der Waals surface area contributed by atoms with Gasteiger partial charge >= 0.3 is 6.03 Å². The maximum absolute atomic E-state index is 12.9. The molecular formula is C24H31N4O3+. The first-order valence-electron chi connectivity index (χ1n) is 10.7. The Morgan fingerprint density at radius 3 is 2.29 bits per heavy atom. The maximum atomic E-state index is 12.9. The number of rotatable bonds is 9. The molecule has 7 nitrogen and oxygen atoms in total. The van der Waals surface area contributed by atoms with Crippen molar-refractivity contribution in [2.45, 2.75) is 45.2 Å². The number of hydrazine groups is 1. The van der Waals surface area contributed by atoms with Gasteiger partial charge in [0.25, 0.3) is 11.8 Å². The smallest absolute Gasteiger partial charge is 0.332 e. The van der Waals surface area contributed by atoms with Crippen molar-refractivity contribution in [2.24, 2.45) is 5.92 Å². The third-order valence-corrected chi connectivity index (χ3v) is 5.71. The van der Waals surface area contributed by atoms with Gasteiger partial charge in [-0.2, -0.15) is 5.01 Å². The van der Waals surface area contributed by atoms with Crippen molar-refractivity contribution >= 4 is 17.8 Å². The number of nitrogens with two attached hydrogens (primary N) is 1. The Morgan fingerprint density at radius 2 is 1.68 bits per heavy atom. The molecule has 4 N–H and O–H groups in total. The largest absolute Gasteiger partial charge is 0.344 e. The molecule has 2 aromatic carbocycles. The number of urea groups is 1. The van der Waals surface area contributed by atoms with E-state index in [1.807, 2.05) is 66.0 Å². The molecule has 1 saturated heterocycles. The van der Waals surface area contributed by atoms with Crippen LogP contribution in [0.3, 0.4) is 0 Å². The lowest BCUT2D eigenvalue weighted by Gasteiger charge is -2.22. The molecule has 1 fully saturated rings. The topological polar surface area (TPSA) is 95.1 Å². The van der Waals surface area contributed by atoms with Crippen LogP contribution < -0.4 is 16.1 Å². The van der Waals surface area contributed by atoms with E-state index in [-0.39, 0.29) is 12.6 Å². The third kappa shape index (κ3) is 5.49. The van der Waals surface area contributed by atoms with E-state index in [0.717, 1.165) is 16.1 Å². The second kappa shape index (κ2) is 9.75. The molecule has 0 aliphatic carbocycles. The standard InChI is InChI=1S/C24H30N4O3/c1-17(2)21(19-12-8-5-9-13-19)25-16-20(29)27-28-22(30)24(3,26-23(28)31)15-14-18-10-6-4-7-11-18/h4-13,17,21,25H,14-16H2,1-3H3,(H,26,31)(H,27,29)/p+1/t21-,24-/m0/s1. The first-order valence-corrected chi connectivity index (χ1v) is 10.7. The minimum absolute atomic E-state index is 0.103. The van der Waals surface area contributed by atoms with Gasteiger partial charge in [0, 0.05) is 11.5 Å². The zero-order chi connectivity index (χ0) is 22.4. The molecule has 0 radical (unpaired) electrons. The van der Waals surface area contributed by atoms with Gasteiger partial charge < -0.3 is 10.6 Å². The lowest BCUT2D eigenvalue weighted by molar-refractivity contribution is -0.692. The van der Waals surface area contributed by atoms with E-state index < -0.39 is 23.4 Å². The van der Waals surface area contributed by atoms with E-state index >= 15 is 0 Å². The van der Waals surface area contributed by atoms with Gasteiger partial charge in [0.2, 0.25) is 0 Å². The Kier molecular flexibility index (Phi) is 7.07. The summed E-state index contributed by atoms with van der Waals surface area (Å²) < 4.78 is 0. The normalized spacial score (nSPS) is 19.4. The molecular weight excluding hydrogens is 392 g/mol. The predicted octanol–water partition coefficient (Wildman–Crippen LogP) is 1.92. The number of imide groups is 1. The highest BCUT2D eigenvalue weighted by Gasteiger charge is 2.48. The summed E-state index contributed by atoms with van der Waals surface area (Å²) in [6.07, 6.45) is 1.09. The van der Waals surface area contributed by atoms with E-state index in [9.17, 15) is 14.4 Å². The predicted molar refractivity (Wildman–Crippen MR) is 118 cm³/mol. The Bertz CT molecular complexity index is 917. The van der Waals surface area contributed by atoms with E-state index in [1.54, 1.807) is 6.92 Å². The summed E-state index contributed by atoms with van der Waals surface area (Å²) in [5.41, 5.74) is 3.65. The van der Waals surface area contributed by atoms with E-state index in [0.29, 0.717) is 18.8 Å². The van der Waals surface area contributed by atoms with Gasteiger partial charge in [-0.1, -0.05) is 74.5 Å². The molecule has 0 aromatic heterocycles. The van der Waals surface area contributed by atoms with Crippen molar-refractivity contribution in [1.82, 2.24) is 15.8 Å². The van der Waals surface area contributed by atoms with Crippen molar-refractivity contribution in [3.05, 3.63) is 71.8 Å². The van der Waals surface area contributed by atoms with Crippen LogP contribution in [0.25, 0.3) is 0 Å². The summed E-state index contributed by atoms with van der Waals surface area (Å²) in [6, 6.07) is 19.3. The van der Waals surface area contributed by atoms with Gasteiger partial charge in [0.05, 0.1) is 0 Å². The number of amides is 4. The van der Waals surface area contributed by atoms with E-state index in [4.69, 9.17) is 0 Å². The minimum Gasteiger partial charge on any atom is -0.332 e.